The summed E-state index contributed by atoms with van der Waals surface area (Å²) < 4.78 is 18.3. The number of hydrogen-bond donors (Lipinski definition) is 1. The third-order valence-corrected chi connectivity index (χ3v) is 7.18. The van der Waals surface area contributed by atoms with Gasteiger partial charge in [-0.05, 0) is 51.1 Å². The van der Waals surface area contributed by atoms with Crippen LogP contribution >= 0.6 is 22.9 Å². The molecule has 0 aliphatic carbocycles. The van der Waals surface area contributed by atoms with E-state index in [0.717, 1.165) is 53.1 Å². The molecule has 1 aliphatic rings. The molecule has 36 heavy (non-hydrogen) atoms. The molecule has 2 heterocycles. The summed E-state index contributed by atoms with van der Waals surface area (Å²) in [6, 6.07) is 9.25. The molecule has 1 saturated heterocycles. The standard InChI is InChI=1S/C26H33ClN4O4S/c1-4-33-21-15-18(16-22(34-5-2)24(21)35-6-3)25(32)28-9-10-30-11-13-31(14-12-30)26-29-20-8-7-19(27)17-23(20)36-26/h7-8,15-17H,4-6,9-14H2,1-3H3,(H,28,32). The fraction of sp³-hybridized carbons (Fsp3) is 0.462. The van der Waals surface area contributed by atoms with E-state index in [2.05, 4.69) is 15.1 Å². The molecule has 1 amide bonds. The van der Waals surface area contributed by atoms with E-state index in [9.17, 15) is 4.79 Å². The number of amides is 1. The summed E-state index contributed by atoms with van der Waals surface area (Å²) in [5.74, 6) is 1.41. The molecule has 194 valence electrons. The maximum absolute atomic E-state index is 12.9. The van der Waals surface area contributed by atoms with E-state index in [-0.39, 0.29) is 5.91 Å². The maximum Gasteiger partial charge on any atom is 0.251 e. The molecule has 0 unspecified atom stereocenters. The second kappa shape index (κ2) is 12.5. The third kappa shape index (κ3) is 6.32. The first kappa shape index (κ1) is 26.3. The number of piperazine rings is 1. The highest BCUT2D eigenvalue weighted by molar-refractivity contribution is 7.22. The molecule has 0 saturated carbocycles. The van der Waals surface area contributed by atoms with Gasteiger partial charge in [0, 0.05) is 49.9 Å². The number of ether oxygens (including phenoxy) is 3. The van der Waals surface area contributed by atoms with Gasteiger partial charge >= 0.3 is 0 Å². The molecule has 2 aromatic carbocycles. The van der Waals surface area contributed by atoms with Crippen LogP contribution in [0.25, 0.3) is 10.2 Å². The number of carbonyl (C=O) groups excluding carboxylic acids is 1. The predicted octanol–water partition coefficient (Wildman–Crippen LogP) is 4.70. The van der Waals surface area contributed by atoms with Crippen LogP contribution in [0.15, 0.2) is 30.3 Å². The van der Waals surface area contributed by atoms with Crippen molar-refractivity contribution in [3.63, 3.8) is 0 Å². The second-order valence-corrected chi connectivity index (χ2v) is 9.74. The lowest BCUT2D eigenvalue weighted by atomic mass is 10.1. The minimum Gasteiger partial charge on any atom is -0.490 e. The first-order chi connectivity index (χ1) is 17.5. The van der Waals surface area contributed by atoms with E-state index in [1.807, 2.05) is 39.0 Å². The molecule has 0 atom stereocenters. The van der Waals surface area contributed by atoms with Gasteiger partial charge in [0.1, 0.15) is 0 Å². The van der Waals surface area contributed by atoms with Gasteiger partial charge in [0.25, 0.3) is 5.91 Å². The summed E-state index contributed by atoms with van der Waals surface area (Å²) in [5, 5.41) is 4.80. The van der Waals surface area contributed by atoms with E-state index in [4.69, 9.17) is 30.8 Å². The smallest absolute Gasteiger partial charge is 0.251 e. The monoisotopic (exact) mass is 532 g/mol. The van der Waals surface area contributed by atoms with Crippen LogP contribution in [0, 0.1) is 0 Å². The molecule has 1 aromatic heterocycles. The molecule has 1 aliphatic heterocycles. The van der Waals surface area contributed by atoms with Crippen molar-refractivity contribution in [2.75, 3.05) is 64.0 Å². The van der Waals surface area contributed by atoms with Crippen LogP contribution in [0.1, 0.15) is 31.1 Å². The molecule has 1 N–H and O–H groups in total. The summed E-state index contributed by atoms with van der Waals surface area (Å²) >= 11 is 7.79. The van der Waals surface area contributed by atoms with Gasteiger partial charge in [0.05, 0.1) is 30.0 Å². The lowest BCUT2D eigenvalue weighted by molar-refractivity contribution is 0.0946. The number of fused-ring (bicyclic) bond motifs is 1. The van der Waals surface area contributed by atoms with Crippen molar-refractivity contribution in [3.8, 4) is 17.2 Å². The Morgan fingerprint density at radius 3 is 2.31 bits per heavy atom. The number of anilines is 1. The Bertz CT molecular complexity index is 1150. The van der Waals surface area contributed by atoms with Crippen molar-refractivity contribution >= 4 is 44.2 Å². The summed E-state index contributed by atoms with van der Waals surface area (Å²) in [5.41, 5.74) is 1.48. The number of nitrogens with zero attached hydrogens (tertiary/aromatic N) is 3. The Morgan fingerprint density at radius 2 is 1.67 bits per heavy atom. The minimum absolute atomic E-state index is 0.160. The van der Waals surface area contributed by atoms with E-state index < -0.39 is 0 Å². The van der Waals surface area contributed by atoms with Gasteiger partial charge in [-0.25, -0.2) is 4.98 Å². The number of halogens is 1. The van der Waals surface area contributed by atoms with Gasteiger partial charge in [-0.3, -0.25) is 9.69 Å². The Morgan fingerprint density at radius 1 is 1.00 bits per heavy atom. The maximum atomic E-state index is 12.9. The van der Waals surface area contributed by atoms with Gasteiger partial charge in [0.2, 0.25) is 5.75 Å². The van der Waals surface area contributed by atoms with Crippen LogP contribution in [0.4, 0.5) is 5.13 Å². The minimum atomic E-state index is -0.160. The van der Waals surface area contributed by atoms with Crippen molar-refractivity contribution < 1.29 is 19.0 Å². The highest BCUT2D eigenvalue weighted by Crippen LogP contribution is 2.39. The zero-order valence-corrected chi connectivity index (χ0v) is 22.6. The molecule has 10 heteroatoms. The normalized spacial score (nSPS) is 14.2. The van der Waals surface area contributed by atoms with Gasteiger partial charge in [0.15, 0.2) is 16.6 Å². The number of carbonyl (C=O) groups is 1. The molecule has 4 rings (SSSR count). The number of nitrogens with one attached hydrogen (secondary N) is 1. The van der Waals surface area contributed by atoms with Crippen molar-refractivity contribution in [2.24, 2.45) is 0 Å². The van der Waals surface area contributed by atoms with Crippen molar-refractivity contribution in [3.05, 3.63) is 40.9 Å². The molecule has 8 nitrogen and oxygen atoms in total. The summed E-state index contributed by atoms with van der Waals surface area (Å²) in [7, 11) is 0. The molecular formula is C26H33ClN4O4S. The van der Waals surface area contributed by atoms with E-state index >= 15 is 0 Å². The van der Waals surface area contributed by atoms with Crippen LogP contribution < -0.4 is 24.4 Å². The van der Waals surface area contributed by atoms with Crippen molar-refractivity contribution in [1.82, 2.24) is 15.2 Å². The van der Waals surface area contributed by atoms with E-state index in [1.54, 1.807) is 23.5 Å². The zero-order chi connectivity index (χ0) is 25.5. The summed E-state index contributed by atoms with van der Waals surface area (Å²) in [6.07, 6.45) is 0. The van der Waals surface area contributed by atoms with Gasteiger partial charge in [-0.2, -0.15) is 0 Å². The van der Waals surface area contributed by atoms with Crippen LogP contribution in [0.5, 0.6) is 17.2 Å². The number of aromatic nitrogens is 1. The SMILES string of the molecule is CCOc1cc(C(=O)NCCN2CCN(c3nc4ccc(Cl)cc4s3)CC2)cc(OCC)c1OCC. The third-order valence-electron chi connectivity index (χ3n) is 5.87. The number of benzene rings is 2. The summed E-state index contributed by atoms with van der Waals surface area (Å²) in [6.45, 7) is 12.1. The predicted molar refractivity (Wildman–Crippen MR) is 146 cm³/mol. The van der Waals surface area contributed by atoms with Gasteiger partial charge in [-0.1, -0.05) is 22.9 Å². The van der Waals surface area contributed by atoms with Gasteiger partial charge < -0.3 is 24.4 Å². The zero-order valence-electron chi connectivity index (χ0n) is 21.0. The second-order valence-electron chi connectivity index (χ2n) is 8.29. The van der Waals surface area contributed by atoms with E-state index in [1.165, 1.54) is 0 Å². The molecule has 0 bridgehead atoms. The lowest BCUT2D eigenvalue weighted by Gasteiger charge is -2.34. The molecule has 0 spiro atoms. The Hall–Kier alpha value is -2.75. The highest BCUT2D eigenvalue weighted by atomic mass is 35.5. The van der Waals surface area contributed by atoms with Crippen LogP contribution in [-0.4, -0.2) is 74.9 Å². The molecule has 0 radical (unpaired) electrons. The largest absolute Gasteiger partial charge is 0.490 e. The molecule has 3 aromatic rings. The topological polar surface area (TPSA) is 76.2 Å². The van der Waals surface area contributed by atoms with Crippen LogP contribution in [0.2, 0.25) is 5.02 Å². The van der Waals surface area contributed by atoms with Crippen LogP contribution in [-0.2, 0) is 0 Å². The number of rotatable bonds is 11. The Kier molecular flexibility index (Phi) is 9.12. The fourth-order valence-electron chi connectivity index (χ4n) is 4.13. The highest BCUT2D eigenvalue weighted by Gasteiger charge is 2.21. The fourth-order valence-corrected chi connectivity index (χ4v) is 5.43. The Balaban J connectivity index is 1.30. The molecule has 1 fully saturated rings. The summed E-state index contributed by atoms with van der Waals surface area (Å²) in [4.78, 5) is 22.3. The van der Waals surface area contributed by atoms with E-state index in [0.29, 0.717) is 49.2 Å². The lowest BCUT2D eigenvalue weighted by Crippen LogP contribution is -2.48. The van der Waals surface area contributed by atoms with Gasteiger partial charge in [-0.15, -0.1) is 0 Å². The number of thiazole rings is 1. The quantitative estimate of drug-likeness (QED) is 0.383. The number of hydrogen-bond acceptors (Lipinski definition) is 8. The van der Waals surface area contributed by atoms with Crippen molar-refractivity contribution in [2.45, 2.75) is 20.8 Å². The Labute approximate surface area is 221 Å². The first-order valence-electron chi connectivity index (χ1n) is 12.4. The van der Waals surface area contributed by atoms with Crippen LogP contribution in [0.3, 0.4) is 0 Å². The first-order valence-corrected chi connectivity index (χ1v) is 13.6. The average molecular weight is 533 g/mol. The van der Waals surface area contributed by atoms with Crippen molar-refractivity contribution in [1.29, 1.82) is 0 Å². The average Bonchev–Trinajstić information content (AvgIpc) is 3.29. The molecular weight excluding hydrogens is 500 g/mol.